The van der Waals surface area contributed by atoms with Crippen LogP contribution in [-0.2, 0) is 4.74 Å². The minimum absolute atomic E-state index is 0.233. The summed E-state index contributed by atoms with van der Waals surface area (Å²) in [6.45, 7) is 5.83. The molecule has 0 bridgehead atoms. The van der Waals surface area contributed by atoms with Crippen molar-refractivity contribution in [1.82, 2.24) is 5.43 Å². The average Bonchev–Trinajstić information content (AvgIpc) is 2.40. The molecule has 1 heterocycles. The molecule has 1 saturated heterocycles. The van der Waals surface area contributed by atoms with Crippen molar-refractivity contribution in [2.45, 2.75) is 83.3 Å². The molecule has 0 aromatic heterocycles. The van der Waals surface area contributed by atoms with Crippen LogP contribution >= 0.6 is 0 Å². The molecule has 1 spiro atoms. The summed E-state index contributed by atoms with van der Waals surface area (Å²) in [5, 5.41) is 0. The molecule has 3 fully saturated rings. The average molecular weight is 280 g/mol. The van der Waals surface area contributed by atoms with Crippen LogP contribution in [-0.4, -0.2) is 18.2 Å². The lowest BCUT2D eigenvalue weighted by Crippen LogP contribution is -2.56. The first-order valence-corrected chi connectivity index (χ1v) is 8.66. The number of hydrogen-bond acceptors (Lipinski definition) is 3. The molecule has 3 heteroatoms. The zero-order valence-corrected chi connectivity index (χ0v) is 13.3. The molecule has 2 aliphatic carbocycles. The van der Waals surface area contributed by atoms with Crippen molar-refractivity contribution in [3.05, 3.63) is 0 Å². The zero-order valence-electron chi connectivity index (χ0n) is 13.3. The second-order valence-corrected chi connectivity index (χ2v) is 8.17. The van der Waals surface area contributed by atoms with E-state index in [1.165, 1.54) is 57.8 Å². The second kappa shape index (κ2) is 5.58. The molecule has 0 amide bonds. The van der Waals surface area contributed by atoms with Crippen LogP contribution in [0.3, 0.4) is 0 Å². The minimum atomic E-state index is 0.233. The molecule has 1 aliphatic heterocycles. The Morgan fingerprint density at radius 1 is 1.10 bits per heavy atom. The van der Waals surface area contributed by atoms with Gasteiger partial charge in [-0.15, -0.1) is 0 Å². The van der Waals surface area contributed by atoms with E-state index >= 15 is 0 Å². The molecular weight excluding hydrogens is 248 g/mol. The Labute approximate surface area is 124 Å². The van der Waals surface area contributed by atoms with Crippen molar-refractivity contribution in [2.75, 3.05) is 6.61 Å². The first-order chi connectivity index (χ1) is 9.56. The van der Waals surface area contributed by atoms with Gasteiger partial charge in [0.2, 0.25) is 0 Å². The van der Waals surface area contributed by atoms with Gasteiger partial charge in [-0.05, 0) is 62.2 Å². The number of rotatable bonds is 3. The molecule has 116 valence electrons. The topological polar surface area (TPSA) is 47.3 Å². The van der Waals surface area contributed by atoms with Crippen molar-refractivity contribution in [3.63, 3.8) is 0 Å². The Kier molecular flexibility index (Phi) is 4.13. The summed E-state index contributed by atoms with van der Waals surface area (Å²) in [6.07, 6.45) is 11.8. The van der Waals surface area contributed by atoms with Crippen LogP contribution in [0.4, 0.5) is 0 Å². The molecular formula is C17H32N2O. The van der Waals surface area contributed by atoms with Gasteiger partial charge in [0.15, 0.2) is 0 Å². The SMILES string of the molecule is CC1(C)CCCCC1C(NN)C1CCOC2(CCC2)C1. The monoisotopic (exact) mass is 280 g/mol. The summed E-state index contributed by atoms with van der Waals surface area (Å²) in [4.78, 5) is 0. The predicted octanol–water partition coefficient (Wildman–Crippen LogP) is 3.38. The summed E-state index contributed by atoms with van der Waals surface area (Å²) in [5.41, 5.74) is 3.89. The lowest BCUT2D eigenvalue weighted by molar-refractivity contribution is -0.152. The summed E-state index contributed by atoms with van der Waals surface area (Å²) in [6, 6.07) is 0.478. The number of ether oxygens (including phenoxy) is 1. The maximum atomic E-state index is 6.10. The molecule has 3 aliphatic rings. The van der Waals surface area contributed by atoms with E-state index in [-0.39, 0.29) is 5.60 Å². The van der Waals surface area contributed by atoms with Crippen molar-refractivity contribution >= 4 is 0 Å². The highest BCUT2D eigenvalue weighted by molar-refractivity contribution is 5.00. The Balaban J connectivity index is 1.71. The van der Waals surface area contributed by atoms with Gasteiger partial charge in [0.25, 0.3) is 0 Å². The summed E-state index contributed by atoms with van der Waals surface area (Å²) in [5.74, 6) is 7.44. The molecule has 3 nitrogen and oxygen atoms in total. The molecule has 3 N–H and O–H groups in total. The quantitative estimate of drug-likeness (QED) is 0.615. The van der Waals surface area contributed by atoms with E-state index in [0.29, 0.717) is 17.4 Å². The van der Waals surface area contributed by atoms with Gasteiger partial charge in [0, 0.05) is 12.6 Å². The third-order valence-electron chi connectivity index (χ3n) is 6.52. The van der Waals surface area contributed by atoms with Gasteiger partial charge in [0.1, 0.15) is 0 Å². The number of hydrogen-bond donors (Lipinski definition) is 2. The van der Waals surface area contributed by atoms with E-state index in [2.05, 4.69) is 19.3 Å². The molecule has 3 unspecified atom stereocenters. The Morgan fingerprint density at radius 2 is 1.90 bits per heavy atom. The van der Waals surface area contributed by atoms with E-state index in [0.717, 1.165) is 12.5 Å². The van der Waals surface area contributed by atoms with Crippen LogP contribution in [0.1, 0.15) is 71.6 Å². The van der Waals surface area contributed by atoms with Crippen LogP contribution in [0.25, 0.3) is 0 Å². The fourth-order valence-corrected chi connectivity index (χ4v) is 5.06. The van der Waals surface area contributed by atoms with Crippen LogP contribution in [0.2, 0.25) is 0 Å². The van der Waals surface area contributed by atoms with E-state index in [4.69, 9.17) is 10.6 Å². The van der Waals surface area contributed by atoms with Crippen LogP contribution in [0.5, 0.6) is 0 Å². The van der Waals surface area contributed by atoms with Gasteiger partial charge >= 0.3 is 0 Å². The Bertz CT molecular complexity index is 338. The fraction of sp³-hybridized carbons (Fsp3) is 1.00. The number of nitrogens with two attached hydrogens (primary N) is 1. The van der Waals surface area contributed by atoms with Gasteiger partial charge in [-0.25, -0.2) is 0 Å². The normalized spacial score (nSPS) is 37.4. The minimum Gasteiger partial charge on any atom is -0.375 e. The number of hydrazine groups is 1. The first kappa shape index (κ1) is 14.8. The molecule has 0 aromatic carbocycles. The maximum Gasteiger partial charge on any atom is 0.0685 e. The summed E-state index contributed by atoms with van der Waals surface area (Å²) < 4.78 is 6.10. The van der Waals surface area contributed by atoms with Crippen LogP contribution in [0, 0.1) is 17.3 Å². The van der Waals surface area contributed by atoms with Crippen LogP contribution in [0.15, 0.2) is 0 Å². The van der Waals surface area contributed by atoms with Gasteiger partial charge in [-0.3, -0.25) is 11.3 Å². The first-order valence-electron chi connectivity index (χ1n) is 8.66. The van der Waals surface area contributed by atoms with E-state index in [9.17, 15) is 0 Å². The van der Waals surface area contributed by atoms with Crippen LogP contribution < -0.4 is 11.3 Å². The standard InChI is InChI=1S/C17H32N2O/c1-16(2)8-4-3-6-14(16)15(19-18)13-7-11-20-17(12-13)9-5-10-17/h13-15,19H,3-12,18H2,1-2H3. The van der Waals surface area contributed by atoms with Gasteiger partial charge in [0.05, 0.1) is 5.60 Å². The highest BCUT2D eigenvalue weighted by Gasteiger charge is 2.47. The zero-order chi connectivity index (χ0) is 14.2. The van der Waals surface area contributed by atoms with Crippen molar-refractivity contribution in [2.24, 2.45) is 23.1 Å². The van der Waals surface area contributed by atoms with E-state index in [1.807, 2.05) is 0 Å². The number of nitrogens with one attached hydrogen (secondary N) is 1. The largest absolute Gasteiger partial charge is 0.375 e. The molecule has 3 atom stereocenters. The highest BCUT2D eigenvalue weighted by Crippen LogP contribution is 2.49. The predicted molar refractivity (Wildman–Crippen MR) is 82.1 cm³/mol. The van der Waals surface area contributed by atoms with E-state index < -0.39 is 0 Å². The maximum absolute atomic E-state index is 6.10. The summed E-state index contributed by atoms with van der Waals surface area (Å²) in [7, 11) is 0. The van der Waals surface area contributed by atoms with Crippen molar-refractivity contribution < 1.29 is 4.74 Å². The molecule has 3 rings (SSSR count). The van der Waals surface area contributed by atoms with Crippen molar-refractivity contribution in [1.29, 1.82) is 0 Å². The Hall–Kier alpha value is -0.120. The molecule has 2 saturated carbocycles. The lowest BCUT2D eigenvalue weighted by atomic mass is 9.61. The molecule has 0 radical (unpaired) electrons. The molecule has 20 heavy (non-hydrogen) atoms. The summed E-state index contributed by atoms with van der Waals surface area (Å²) >= 11 is 0. The van der Waals surface area contributed by atoms with E-state index in [1.54, 1.807) is 0 Å². The second-order valence-electron chi connectivity index (χ2n) is 8.17. The third kappa shape index (κ3) is 2.65. The van der Waals surface area contributed by atoms with Gasteiger partial charge in [-0.2, -0.15) is 0 Å². The van der Waals surface area contributed by atoms with Crippen molar-refractivity contribution in [3.8, 4) is 0 Å². The smallest absolute Gasteiger partial charge is 0.0685 e. The van der Waals surface area contributed by atoms with Gasteiger partial charge in [-0.1, -0.05) is 26.7 Å². The van der Waals surface area contributed by atoms with Gasteiger partial charge < -0.3 is 4.74 Å². The Morgan fingerprint density at radius 3 is 2.50 bits per heavy atom. The molecule has 0 aromatic rings. The lowest BCUT2D eigenvalue weighted by Gasteiger charge is -2.52. The third-order valence-corrected chi connectivity index (χ3v) is 6.52. The highest BCUT2D eigenvalue weighted by atomic mass is 16.5. The fourth-order valence-electron chi connectivity index (χ4n) is 5.06.